The van der Waals surface area contributed by atoms with Crippen molar-refractivity contribution < 1.29 is 9.50 Å². The van der Waals surface area contributed by atoms with Crippen LogP contribution in [0.3, 0.4) is 0 Å². The van der Waals surface area contributed by atoms with Crippen molar-refractivity contribution in [2.75, 3.05) is 18.0 Å². The van der Waals surface area contributed by atoms with Gasteiger partial charge in [0.15, 0.2) is 0 Å². The van der Waals surface area contributed by atoms with Crippen molar-refractivity contribution in [1.82, 2.24) is 4.98 Å². The summed E-state index contributed by atoms with van der Waals surface area (Å²) in [6, 6.07) is 4.80. The van der Waals surface area contributed by atoms with E-state index in [1.165, 1.54) is 6.07 Å². The van der Waals surface area contributed by atoms with Gasteiger partial charge in [0.1, 0.15) is 5.82 Å². The van der Waals surface area contributed by atoms with Gasteiger partial charge in [-0.25, -0.2) is 4.98 Å². The van der Waals surface area contributed by atoms with Crippen molar-refractivity contribution in [2.24, 2.45) is 5.92 Å². The Kier molecular flexibility index (Phi) is 2.86. The second-order valence-electron chi connectivity index (χ2n) is 4.10. The van der Waals surface area contributed by atoms with Crippen LogP contribution in [0, 0.1) is 11.9 Å². The highest BCUT2D eigenvalue weighted by molar-refractivity contribution is 5.38. The first-order valence-electron chi connectivity index (χ1n) is 5.22. The second kappa shape index (κ2) is 4.14. The maximum absolute atomic E-state index is 12.9. The quantitative estimate of drug-likeness (QED) is 0.712. The fourth-order valence-corrected chi connectivity index (χ4v) is 1.91. The Balaban J connectivity index is 2.12. The molecule has 0 radical (unpaired) electrons. The van der Waals surface area contributed by atoms with Crippen molar-refractivity contribution in [1.29, 1.82) is 0 Å². The van der Waals surface area contributed by atoms with Gasteiger partial charge in [0.25, 0.3) is 0 Å². The normalized spacial score (nSPS) is 26.7. The maximum Gasteiger partial charge on any atom is 0.214 e. The number of hydrogen-bond donors (Lipinski definition) is 1. The van der Waals surface area contributed by atoms with E-state index in [1.54, 1.807) is 12.1 Å². The molecule has 15 heavy (non-hydrogen) atoms. The summed E-state index contributed by atoms with van der Waals surface area (Å²) in [5.74, 6) is 0.420. The average Bonchev–Trinajstić information content (AvgIpc) is 2.22. The summed E-state index contributed by atoms with van der Waals surface area (Å²) < 4.78 is 12.9. The van der Waals surface area contributed by atoms with E-state index >= 15 is 0 Å². The summed E-state index contributed by atoms with van der Waals surface area (Å²) in [6.07, 6.45) is 0.481. The van der Waals surface area contributed by atoms with Crippen LogP contribution in [0.25, 0.3) is 0 Å². The molecule has 2 unspecified atom stereocenters. The SMILES string of the molecule is CC1CN(c2cccc(F)n2)CCC1O. The van der Waals surface area contributed by atoms with E-state index in [-0.39, 0.29) is 12.0 Å². The lowest BCUT2D eigenvalue weighted by Crippen LogP contribution is -2.42. The van der Waals surface area contributed by atoms with Gasteiger partial charge < -0.3 is 10.0 Å². The monoisotopic (exact) mass is 210 g/mol. The van der Waals surface area contributed by atoms with Gasteiger partial charge in [0.05, 0.1) is 6.10 Å². The Morgan fingerprint density at radius 3 is 3.00 bits per heavy atom. The van der Waals surface area contributed by atoms with Gasteiger partial charge in [-0.3, -0.25) is 0 Å². The Morgan fingerprint density at radius 2 is 2.33 bits per heavy atom. The van der Waals surface area contributed by atoms with E-state index < -0.39 is 5.95 Å². The highest BCUT2D eigenvalue weighted by Gasteiger charge is 2.24. The molecular formula is C11H15FN2O. The number of pyridine rings is 1. The minimum Gasteiger partial charge on any atom is -0.393 e. The summed E-state index contributed by atoms with van der Waals surface area (Å²) >= 11 is 0. The third kappa shape index (κ3) is 2.26. The third-order valence-corrected chi connectivity index (χ3v) is 2.88. The molecule has 82 valence electrons. The number of aromatic nitrogens is 1. The number of aliphatic hydroxyl groups is 1. The molecule has 0 spiro atoms. The first kappa shape index (κ1) is 10.4. The molecule has 0 amide bonds. The lowest BCUT2D eigenvalue weighted by atomic mass is 9.97. The number of piperidine rings is 1. The van der Waals surface area contributed by atoms with Crippen LogP contribution in [0.15, 0.2) is 18.2 Å². The molecule has 0 aromatic carbocycles. The number of aliphatic hydroxyl groups excluding tert-OH is 1. The van der Waals surface area contributed by atoms with E-state index in [9.17, 15) is 9.50 Å². The average molecular weight is 210 g/mol. The molecule has 1 aromatic rings. The molecule has 3 nitrogen and oxygen atoms in total. The highest BCUT2D eigenvalue weighted by Crippen LogP contribution is 2.21. The molecule has 2 rings (SSSR count). The van der Waals surface area contributed by atoms with E-state index in [1.807, 2.05) is 11.8 Å². The first-order valence-corrected chi connectivity index (χ1v) is 5.22. The molecule has 1 saturated heterocycles. The molecule has 1 aliphatic heterocycles. The number of rotatable bonds is 1. The fraction of sp³-hybridized carbons (Fsp3) is 0.545. The summed E-state index contributed by atoms with van der Waals surface area (Å²) in [5, 5.41) is 9.58. The van der Waals surface area contributed by atoms with Crippen LogP contribution in [-0.2, 0) is 0 Å². The largest absolute Gasteiger partial charge is 0.393 e. The molecule has 1 aromatic heterocycles. The van der Waals surface area contributed by atoms with Gasteiger partial charge in [-0.2, -0.15) is 4.39 Å². The molecule has 1 N–H and O–H groups in total. The zero-order valence-electron chi connectivity index (χ0n) is 8.73. The van der Waals surface area contributed by atoms with Crippen LogP contribution in [0.1, 0.15) is 13.3 Å². The number of anilines is 1. The van der Waals surface area contributed by atoms with Crippen molar-refractivity contribution in [3.8, 4) is 0 Å². The predicted molar refractivity (Wildman–Crippen MR) is 56.2 cm³/mol. The van der Waals surface area contributed by atoms with Crippen LogP contribution < -0.4 is 4.90 Å². The van der Waals surface area contributed by atoms with Gasteiger partial charge in [-0.15, -0.1) is 0 Å². The standard InChI is InChI=1S/C11H15FN2O/c1-8-7-14(6-5-9(8)15)11-4-2-3-10(12)13-11/h2-4,8-9,15H,5-7H2,1H3. The number of halogens is 1. The van der Waals surface area contributed by atoms with E-state index in [0.29, 0.717) is 5.82 Å². The Hall–Kier alpha value is -1.16. The van der Waals surface area contributed by atoms with Crippen LogP contribution >= 0.6 is 0 Å². The second-order valence-corrected chi connectivity index (χ2v) is 4.10. The lowest BCUT2D eigenvalue weighted by Gasteiger charge is -2.35. The van der Waals surface area contributed by atoms with Crippen molar-refractivity contribution >= 4 is 5.82 Å². The van der Waals surface area contributed by atoms with E-state index in [0.717, 1.165) is 19.5 Å². The summed E-state index contributed by atoms with van der Waals surface area (Å²) in [4.78, 5) is 5.85. The zero-order chi connectivity index (χ0) is 10.8. The van der Waals surface area contributed by atoms with Gasteiger partial charge >= 0.3 is 0 Å². The van der Waals surface area contributed by atoms with Crippen LogP contribution in [-0.4, -0.2) is 29.3 Å². The maximum atomic E-state index is 12.9. The van der Waals surface area contributed by atoms with Gasteiger partial charge in [-0.1, -0.05) is 13.0 Å². The number of hydrogen-bond acceptors (Lipinski definition) is 3. The zero-order valence-corrected chi connectivity index (χ0v) is 8.73. The van der Waals surface area contributed by atoms with Crippen molar-refractivity contribution in [2.45, 2.75) is 19.4 Å². The van der Waals surface area contributed by atoms with Crippen LogP contribution in [0.2, 0.25) is 0 Å². The van der Waals surface area contributed by atoms with Crippen LogP contribution in [0.5, 0.6) is 0 Å². The molecule has 2 atom stereocenters. The Bertz CT molecular complexity index is 345. The summed E-state index contributed by atoms with van der Waals surface area (Å²) in [7, 11) is 0. The molecule has 1 fully saturated rings. The molecule has 2 heterocycles. The number of nitrogens with zero attached hydrogens (tertiary/aromatic N) is 2. The summed E-state index contributed by atoms with van der Waals surface area (Å²) in [6.45, 7) is 3.47. The fourth-order valence-electron chi connectivity index (χ4n) is 1.91. The topological polar surface area (TPSA) is 36.4 Å². The molecule has 1 aliphatic rings. The van der Waals surface area contributed by atoms with Crippen LogP contribution in [0.4, 0.5) is 10.2 Å². The van der Waals surface area contributed by atoms with Crippen molar-refractivity contribution in [3.63, 3.8) is 0 Å². The molecule has 0 aliphatic carbocycles. The minimum atomic E-state index is -0.453. The molecule has 4 heteroatoms. The van der Waals surface area contributed by atoms with Gasteiger partial charge in [0, 0.05) is 13.1 Å². The third-order valence-electron chi connectivity index (χ3n) is 2.88. The Morgan fingerprint density at radius 1 is 1.53 bits per heavy atom. The Labute approximate surface area is 88.6 Å². The van der Waals surface area contributed by atoms with Gasteiger partial charge in [0.2, 0.25) is 5.95 Å². The summed E-state index contributed by atoms with van der Waals surface area (Å²) in [5.41, 5.74) is 0. The van der Waals surface area contributed by atoms with Crippen molar-refractivity contribution in [3.05, 3.63) is 24.1 Å². The van der Waals surface area contributed by atoms with Gasteiger partial charge in [-0.05, 0) is 24.5 Å². The first-order chi connectivity index (χ1) is 7.16. The molecule has 0 bridgehead atoms. The smallest absolute Gasteiger partial charge is 0.214 e. The predicted octanol–water partition coefficient (Wildman–Crippen LogP) is 1.43. The molecular weight excluding hydrogens is 195 g/mol. The lowest BCUT2D eigenvalue weighted by molar-refractivity contribution is 0.0968. The minimum absolute atomic E-state index is 0.212. The van der Waals surface area contributed by atoms with E-state index in [4.69, 9.17) is 0 Å². The highest BCUT2D eigenvalue weighted by atomic mass is 19.1. The molecule has 0 saturated carbocycles. The van der Waals surface area contributed by atoms with E-state index in [2.05, 4.69) is 4.98 Å².